The summed E-state index contributed by atoms with van der Waals surface area (Å²) >= 11 is 1.49. The summed E-state index contributed by atoms with van der Waals surface area (Å²) in [4.78, 5) is 12.5. The zero-order chi connectivity index (χ0) is 11.9. The van der Waals surface area contributed by atoms with Crippen molar-refractivity contribution in [3.05, 3.63) is 46.5 Å². The van der Waals surface area contributed by atoms with Gasteiger partial charge in [-0.2, -0.15) is 0 Å². The van der Waals surface area contributed by atoms with Crippen molar-refractivity contribution in [2.24, 2.45) is 0 Å². The minimum absolute atomic E-state index is 0.196. The minimum atomic E-state index is 0.196. The number of thiophene rings is 1. The zero-order valence-corrected chi connectivity index (χ0v) is 10.2. The average Bonchev–Trinajstić information content (AvgIpc) is 3.01. The fourth-order valence-corrected chi connectivity index (χ4v) is 2.16. The van der Waals surface area contributed by atoms with Crippen LogP contribution in [0.15, 0.2) is 40.3 Å². The van der Waals surface area contributed by atoms with Crippen molar-refractivity contribution >= 4 is 17.1 Å². The summed E-state index contributed by atoms with van der Waals surface area (Å²) in [5.41, 5.74) is 0. The van der Waals surface area contributed by atoms with Gasteiger partial charge in [-0.1, -0.05) is 6.07 Å². The van der Waals surface area contributed by atoms with E-state index in [4.69, 9.17) is 9.15 Å². The van der Waals surface area contributed by atoms with Crippen LogP contribution in [0, 0.1) is 0 Å². The quantitative estimate of drug-likeness (QED) is 0.557. The Morgan fingerprint density at radius 1 is 1.35 bits per heavy atom. The first kappa shape index (κ1) is 12.1. The Bertz CT molecular complexity index is 431. The van der Waals surface area contributed by atoms with E-state index < -0.39 is 0 Å². The van der Waals surface area contributed by atoms with Crippen LogP contribution < -0.4 is 0 Å². The molecule has 0 aliphatic carbocycles. The molecule has 0 aromatic carbocycles. The largest absolute Gasteiger partial charge is 0.467 e. The highest BCUT2D eigenvalue weighted by atomic mass is 32.1. The first-order chi connectivity index (χ1) is 8.36. The predicted octanol–water partition coefficient (Wildman–Crippen LogP) is 3.52. The number of hydrogen-bond donors (Lipinski definition) is 0. The average molecular weight is 250 g/mol. The van der Waals surface area contributed by atoms with Crippen LogP contribution in [0.25, 0.3) is 0 Å². The molecule has 3 nitrogen and oxygen atoms in total. The van der Waals surface area contributed by atoms with Gasteiger partial charge in [0.15, 0.2) is 5.78 Å². The lowest BCUT2D eigenvalue weighted by molar-refractivity contribution is 0.0888. The van der Waals surface area contributed by atoms with Crippen LogP contribution in [0.2, 0.25) is 0 Å². The second kappa shape index (κ2) is 6.37. The topological polar surface area (TPSA) is 39.4 Å². The molecule has 0 N–H and O–H groups in total. The van der Waals surface area contributed by atoms with Crippen LogP contribution in [0.4, 0.5) is 0 Å². The van der Waals surface area contributed by atoms with Crippen LogP contribution in [-0.2, 0) is 11.3 Å². The Balaban J connectivity index is 1.59. The van der Waals surface area contributed by atoms with E-state index in [1.807, 2.05) is 29.6 Å². The van der Waals surface area contributed by atoms with Crippen molar-refractivity contribution in [1.82, 2.24) is 0 Å². The van der Waals surface area contributed by atoms with E-state index in [2.05, 4.69) is 0 Å². The summed E-state index contributed by atoms with van der Waals surface area (Å²) in [5, 5.41) is 1.92. The Morgan fingerprint density at radius 3 is 3.00 bits per heavy atom. The molecular weight excluding hydrogens is 236 g/mol. The number of Topliss-reactive ketones (excluding diaryl/α,β-unsaturated/α-hetero) is 1. The molecule has 0 bridgehead atoms. The van der Waals surface area contributed by atoms with Gasteiger partial charge in [0.25, 0.3) is 0 Å². The third-order valence-corrected chi connectivity index (χ3v) is 3.22. The molecule has 17 heavy (non-hydrogen) atoms. The molecule has 90 valence electrons. The molecule has 0 radical (unpaired) electrons. The summed E-state index contributed by atoms with van der Waals surface area (Å²) in [6.45, 7) is 1.05. The lowest BCUT2D eigenvalue weighted by atomic mass is 10.2. The lowest BCUT2D eigenvalue weighted by Crippen LogP contribution is -2.00. The molecule has 0 fully saturated rings. The highest BCUT2D eigenvalue weighted by Crippen LogP contribution is 2.12. The van der Waals surface area contributed by atoms with E-state index in [1.165, 1.54) is 11.3 Å². The normalized spacial score (nSPS) is 10.6. The summed E-state index contributed by atoms with van der Waals surface area (Å²) in [5.74, 6) is 1.01. The molecule has 0 atom stereocenters. The molecule has 4 heteroatoms. The van der Waals surface area contributed by atoms with E-state index in [1.54, 1.807) is 6.26 Å². The molecule has 2 aromatic heterocycles. The highest BCUT2D eigenvalue weighted by Gasteiger charge is 2.05. The first-order valence-corrected chi connectivity index (χ1v) is 6.41. The van der Waals surface area contributed by atoms with Crippen LogP contribution >= 0.6 is 11.3 Å². The number of ketones is 1. The highest BCUT2D eigenvalue weighted by molar-refractivity contribution is 7.12. The van der Waals surface area contributed by atoms with Gasteiger partial charge < -0.3 is 9.15 Å². The van der Waals surface area contributed by atoms with Crippen molar-refractivity contribution in [2.45, 2.75) is 19.4 Å². The Kier molecular flexibility index (Phi) is 4.53. The number of carbonyl (C=O) groups excluding carboxylic acids is 1. The first-order valence-electron chi connectivity index (χ1n) is 5.53. The van der Waals surface area contributed by atoms with E-state index in [0.29, 0.717) is 19.6 Å². The van der Waals surface area contributed by atoms with E-state index >= 15 is 0 Å². The fourth-order valence-electron chi connectivity index (χ4n) is 1.46. The van der Waals surface area contributed by atoms with Crippen LogP contribution in [0.5, 0.6) is 0 Å². The van der Waals surface area contributed by atoms with Gasteiger partial charge in [-0.15, -0.1) is 11.3 Å². The molecule has 0 saturated carbocycles. The van der Waals surface area contributed by atoms with E-state index in [9.17, 15) is 4.79 Å². The smallest absolute Gasteiger partial charge is 0.172 e. The maximum absolute atomic E-state index is 11.6. The minimum Gasteiger partial charge on any atom is -0.467 e. The maximum Gasteiger partial charge on any atom is 0.172 e. The fraction of sp³-hybridized carbons (Fsp3) is 0.308. The van der Waals surface area contributed by atoms with Gasteiger partial charge in [0.05, 0.1) is 11.1 Å². The van der Waals surface area contributed by atoms with Crippen LogP contribution in [-0.4, -0.2) is 12.4 Å². The number of carbonyl (C=O) groups is 1. The monoisotopic (exact) mass is 250 g/mol. The van der Waals surface area contributed by atoms with Gasteiger partial charge in [0.2, 0.25) is 0 Å². The molecule has 0 saturated heterocycles. The summed E-state index contributed by atoms with van der Waals surface area (Å²) in [7, 11) is 0. The Morgan fingerprint density at radius 2 is 2.29 bits per heavy atom. The van der Waals surface area contributed by atoms with Crippen molar-refractivity contribution in [3.8, 4) is 0 Å². The van der Waals surface area contributed by atoms with Crippen molar-refractivity contribution in [3.63, 3.8) is 0 Å². The number of ether oxygens (including phenoxy) is 1. The molecular formula is C13H14O3S. The van der Waals surface area contributed by atoms with Crippen molar-refractivity contribution in [2.75, 3.05) is 6.61 Å². The third-order valence-electron chi connectivity index (χ3n) is 2.31. The second-order valence-corrected chi connectivity index (χ2v) is 4.58. The molecule has 0 unspecified atom stereocenters. The van der Waals surface area contributed by atoms with Crippen molar-refractivity contribution in [1.29, 1.82) is 0 Å². The van der Waals surface area contributed by atoms with Gasteiger partial charge >= 0.3 is 0 Å². The molecule has 2 heterocycles. The third kappa shape index (κ3) is 3.84. The molecule has 2 rings (SSSR count). The summed E-state index contributed by atoms with van der Waals surface area (Å²) in [6.07, 6.45) is 2.91. The number of hydrogen-bond acceptors (Lipinski definition) is 4. The number of rotatable bonds is 7. The SMILES string of the molecule is O=C(CCCOCc1ccco1)c1cccs1. The van der Waals surface area contributed by atoms with Crippen LogP contribution in [0.1, 0.15) is 28.3 Å². The zero-order valence-electron chi connectivity index (χ0n) is 9.43. The van der Waals surface area contributed by atoms with Crippen molar-refractivity contribution < 1.29 is 13.9 Å². The summed E-state index contributed by atoms with van der Waals surface area (Å²) < 4.78 is 10.5. The van der Waals surface area contributed by atoms with E-state index in [0.717, 1.165) is 17.1 Å². The molecule has 0 spiro atoms. The summed E-state index contributed by atoms with van der Waals surface area (Å²) in [6, 6.07) is 7.46. The van der Waals surface area contributed by atoms with Gasteiger partial charge in [-0.25, -0.2) is 0 Å². The van der Waals surface area contributed by atoms with Crippen LogP contribution in [0.3, 0.4) is 0 Å². The molecule has 0 aliphatic rings. The standard InChI is InChI=1S/C13H14O3S/c14-12(13-6-3-9-17-13)5-2-7-15-10-11-4-1-8-16-11/h1,3-4,6,8-9H,2,5,7,10H2. The molecule has 0 aliphatic heterocycles. The maximum atomic E-state index is 11.6. The lowest BCUT2D eigenvalue weighted by Gasteiger charge is -2.01. The Hall–Kier alpha value is -1.39. The molecule has 0 amide bonds. The van der Waals surface area contributed by atoms with Gasteiger partial charge in [0.1, 0.15) is 12.4 Å². The number of furan rings is 1. The van der Waals surface area contributed by atoms with Gasteiger partial charge in [0, 0.05) is 13.0 Å². The predicted molar refractivity (Wildman–Crippen MR) is 66.2 cm³/mol. The Labute approximate surface area is 104 Å². The van der Waals surface area contributed by atoms with E-state index in [-0.39, 0.29) is 5.78 Å². The molecule has 2 aromatic rings. The van der Waals surface area contributed by atoms with Gasteiger partial charge in [-0.05, 0) is 30.0 Å². The van der Waals surface area contributed by atoms with Gasteiger partial charge in [-0.3, -0.25) is 4.79 Å². The second-order valence-electron chi connectivity index (χ2n) is 3.64.